The molecule has 0 bridgehead atoms. The monoisotopic (exact) mass is 392 g/mol. The van der Waals surface area contributed by atoms with Crippen molar-refractivity contribution in [2.75, 3.05) is 26.6 Å². The van der Waals surface area contributed by atoms with Crippen molar-refractivity contribution in [2.45, 2.75) is 0 Å². The fraction of sp³-hybridized carbons (Fsp3) is 0.167. The molecule has 0 spiro atoms. The van der Waals surface area contributed by atoms with Crippen LogP contribution in [0.4, 0.5) is 11.4 Å². The second-order valence-corrected chi connectivity index (χ2v) is 5.57. The smallest absolute Gasteiger partial charge is 0.278 e. The highest BCUT2D eigenvalue weighted by atomic mass is 35.5. The SMILES string of the molecule is COc1cc(NC(=O)/C=C/c2c(Cl)cccc2[N+](=O)[O-])cc(OC)c1OC. The Labute approximate surface area is 160 Å². The predicted molar refractivity (Wildman–Crippen MR) is 102 cm³/mol. The molecule has 2 aromatic rings. The van der Waals surface area contributed by atoms with E-state index in [1.807, 2.05) is 0 Å². The lowest BCUT2D eigenvalue weighted by atomic mass is 10.1. The van der Waals surface area contributed by atoms with E-state index in [0.29, 0.717) is 22.9 Å². The summed E-state index contributed by atoms with van der Waals surface area (Å²) in [6.45, 7) is 0. The van der Waals surface area contributed by atoms with Crippen LogP contribution in [0.5, 0.6) is 17.2 Å². The number of nitrogens with one attached hydrogen (secondary N) is 1. The van der Waals surface area contributed by atoms with Crippen LogP contribution in [0, 0.1) is 10.1 Å². The highest BCUT2D eigenvalue weighted by molar-refractivity contribution is 6.32. The molecule has 0 heterocycles. The van der Waals surface area contributed by atoms with Gasteiger partial charge in [0.05, 0.1) is 36.8 Å². The van der Waals surface area contributed by atoms with E-state index < -0.39 is 10.8 Å². The van der Waals surface area contributed by atoms with Crippen molar-refractivity contribution in [1.82, 2.24) is 0 Å². The molecule has 2 rings (SSSR count). The van der Waals surface area contributed by atoms with Gasteiger partial charge in [-0.15, -0.1) is 0 Å². The van der Waals surface area contributed by atoms with Gasteiger partial charge in [-0.25, -0.2) is 0 Å². The van der Waals surface area contributed by atoms with E-state index in [2.05, 4.69) is 5.32 Å². The first kappa shape index (κ1) is 20.1. The Balaban J connectivity index is 2.27. The van der Waals surface area contributed by atoms with E-state index in [0.717, 1.165) is 6.08 Å². The number of hydrogen-bond acceptors (Lipinski definition) is 6. The Hall–Kier alpha value is -3.26. The molecule has 0 fully saturated rings. The maximum Gasteiger partial charge on any atom is 0.278 e. The highest BCUT2D eigenvalue weighted by Crippen LogP contribution is 2.40. The lowest BCUT2D eigenvalue weighted by Crippen LogP contribution is -2.08. The van der Waals surface area contributed by atoms with Crippen LogP contribution < -0.4 is 19.5 Å². The third kappa shape index (κ3) is 4.68. The molecule has 1 amide bonds. The number of methoxy groups -OCH3 is 3. The summed E-state index contributed by atoms with van der Waals surface area (Å²) in [7, 11) is 4.39. The third-order valence-electron chi connectivity index (χ3n) is 3.56. The number of ether oxygens (including phenoxy) is 3. The second-order valence-electron chi connectivity index (χ2n) is 5.17. The van der Waals surface area contributed by atoms with Crippen molar-refractivity contribution in [2.24, 2.45) is 0 Å². The van der Waals surface area contributed by atoms with Crippen LogP contribution in [0.2, 0.25) is 5.02 Å². The second kappa shape index (κ2) is 8.91. The molecule has 0 aromatic heterocycles. The molecule has 2 aromatic carbocycles. The van der Waals surface area contributed by atoms with Crippen LogP contribution in [0.15, 0.2) is 36.4 Å². The topological polar surface area (TPSA) is 99.9 Å². The molecule has 0 atom stereocenters. The average molecular weight is 393 g/mol. The Morgan fingerprint density at radius 2 is 1.78 bits per heavy atom. The van der Waals surface area contributed by atoms with E-state index in [1.54, 1.807) is 12.1 Å². The van der Waals surface area contributed by atoms with Crippen molar-refractivity contribution in [3.8, 4) is 17.2 Å². The number of amides is 1. The van der Waals surface area contributed by atoms with Gasteiger partial charge in [-0.1, -0.05) is 17.7 Å². The van der Waals surface area contributed by atoms with Gasteiger partial charge in [0.1, 0.15) is 0 Å². The fourth-order valence-electron chi connectivity index (χ4n) is 2.35. The molecule has 0 aliphatic rings. The highest BCUT2D eigenvalue weighted by Gasteiger charge is 2.16. The van der Waals surface area contributed by atoms with Gasteiger partial charge >= 0.3 is 0 Å². The lowest BCUT2D eigenvalue weighted by Gasteiger charge is -2.14. The summed E-state index contributed by atoms with van der Waals surface area (Å²) in [6, 6.07) is 7.40. The zero-order valence-corrected chi connectivity index (χ0v) is 15.6. The van der Waals surface area contributed by atoms with E-state index in [1.165, 1.54) is 45.6 Å². The molecule has 1 N–H and O–H groups in total. The van der Waals surface area contributed by atoms with Crippen molar-refractivity contribution in [3.05, 3.63) is 57.1 Å². The summed E-state index contributed by atoms with van der Waals surface area (Å²) in [6.07, 6.45) is 2.44. The van der Waals surface area contributed by atoms with Gasteiger partial charge in [0.2, 0.25) is 11.7 Å². The standard InChI is InChI=1S/C18H17ClN2O6/c1-25-15-9-11(10-16(26-2)18(15)27-3)20-17(22)8-7-12-13(19)5-4-6-14(12)21(23)24/h4-10H,1-3H3,(H,20,22)/b8-7+. The number of rotatable bonds is 7. The van der Waals surface area contributed by atoms with Crippen LogP contribution in [-0.2, 0) is 4.79 Å². The van der Waals surface area contributed by atoms with Gasteiger partial charge in [0.25, 0.3) is 5.69 Å². The minimum absolute atomic E-state index is 0.143. The van der Waals surface area contributed by atoms with Crippen molar-refractivity contribution in [3.63, 3.8) is 0 Å². The molecule has 0 saturated carbocycles. The van der Waals surface area contributed by atoms with E-state index >= 15 is 0 Å². The van der Waals surface area contributed by atoms with Crippen molar-refractivity contribution < 1.29 is 23.9 Å². The van der Waals surface area contributed by atoms with E-state index in [-0.39, 0.29) is 16.3 Å². The van der Waals surface area contributed by atoms with Gasteiger partial charge in [0, 0.05) is 30.0 Å². The third-order valence-corrected chi connectivity index (χ3v) is 3.89. The van der Waals surface area contributed by atoms with E-state index in [4.69, 9.17) is 25.8 Å². The predicted octanol–water partition coefficient (Wildman–Crippen LogP) is 3.93. The molecule has 0 aliphatic carbocycles. The number of hydrogen-bond donors (Lipinski definition) is 1. The number of benzene rings is 2. The molecule has 8 nitrogen and oxygen atoms in total. The lowest BCUT2D eigenvalue weighted by molar-refractivity contribution is -0.385. The first-order chi connectivity index (χ1) is 12.9. The summed E-state index contributed by atoms with van der Waals surface area (Å²) in [5, 5.41) is 13.9. The Bertz CT molecular complexity index is 872. The summed E-state index contributed by atoms with van der Waals surface area (Å²) in [4.78, 5) is 22.7. The van der Waals surface area contributed by atoms with Crippen LogP contribution in [0.25, 0.3) is 6.08 Å². The number of nitro groups is 1. The summed E-state index contributed by atoms with van der Waals surface area (Å²) in [5.74, 6) is 0.620. The number of nitrogens with zero attached hydrogens (tertiary/aromatic N) is 1. The minimum atomic E-state index is -0.567. The molecule has 0 unspecified atom stereocenters. The summed E-state index contributed by atoms with van der Waals surface area (Å²) < 4.78 is 15.7. The summed E-state index contributed by atoms with van der Waals surface area (Å²) >= 11 is 6.00. The molecular formula is C18H17ClN2O6. The number of carbonyl (C=O) groups is 1. The first-order valence-electron chi connectivity index (χ1n) is 7.63. The Morgan fingerprint density at radius 1 is 1.15 bits per heavy atom. The largest absolute Gasteiger partial charge is 0.493 e. The number of carbonyl (C=O) groups excluding carboxylic acids is 1. The quantitative estimate of drug-likeness (QED) is 0.435. The molecule has 0 saturated heterocycles. The molecule has 0 radical (unpaired) electrons. The van der Waals surface area contributed by atoms with Gasteiger partial charge in [-0.05, 0) is 12.1 Å². The van der Waals surface area contributed by atoms with Gasteiger partial charge in [0.15, 0.2) is 11.5 Å². The van der Waals surface area contributed by atoms with Crippen LogP contribution in [0.3, 0.4) is 0 Å². The summed E-state index contributed by atoms with van der Waals surface area (Å²) in [5.41, 5.74) is 0.344. The number of anilines is 1. The molecule has 0 aliphatic heterocycles. The van der Waals surface area contributed by atoms with Crippen molar-refractivity contribution >= 4 is 35.0 Å². The van der Waals surface area contributed by atoms with Gasteiger partial charge < -0.3 is 19.5 Å². The molecule has 27 heavy (non-hydrogen) atoms. The molecule has 9 heteroatoms. The van der Waals surface area contributed by atoms with E-state index in [9.17, 15) is 14.9 Å². The minimum Gasteiger partial charge on any atom is -0.493 e. The zero-order valence-electron chi connectivity index (χ0n) is 14.8. The maximum atomic E-state index is 12.2. The molecular weight excluding hydrogens is 376 g/mol. The van der Waals surface area contributed by atoms with Gasteiger partial charge in [-0.2, -0.15) is 0 Å². The number of halogens is 1. The average Bonchev–Trinajstić information content (AvgIpc) is 2.65. The Kier molecular flexibility index (Phi) is 6.62. The van der Waals surface area contributed by atoms with Crippen molar-refractivity contribution in [1.29, 1.82) is 0 Å². The van der Waals surface area contributed by atoms with Crippen LogP contribution >= 0.6 is 11.6 Å². The maximum absolute atomic E-state index is 12.2. The first-order valence-corrected chi connectivity index (χ1v) is 8.01. The zero-order chi connectivity index (χ0) is 20.0. The van der Waals surface area contributed by atoms with Crippen LogP contribution in [-0.4, -0.2) is 32.2 Å². The normalized spacial score (nSPS) is 10.5. The Morgan fingerprint density at radius 3 is 2.30 bits per heavy atom. The fourth-order valence-corrected chi connectivity index (χ4v) is 2.58. The molecule has 142 valence electrons. The van der Waals surface area contributed by atoms with Gasteiger partial charge in [-0.3, -0.25) is 14.9 Å². The van der Waals surface area contributed by atoms with Crippen LogP contribution in [0.1, 0.15) is 5.56 Å². The number of nitro benzene ring substituents is 1.